The summed E-state index contributed by atoms with van der Waals surface area (Å²) in [5, 5.41) is 12.3. The van der Waals surface area contributed by atoms with Crippen LogP contribution in [0.15, 0.2) is 12.1 Å². The van der Waals surface area contributed by atoms with Crippen molar-refractivity contribution in [2.24, 2.45) is 0 Å². The summed E-state index contributed by atoms with van der Waals surface area (Å²) >= 11 is 0. The Morgan fingerprint density at radius 3 is 2.81 bits per heavy atom. The number of anilines is 1. The average molecular weight is 243 g/mol. The third kappa shape index (κ3) is 1.27. The summed E-state index contributed by atoms with van der Waals surface area (Å²) in [6, 6.07) is 3.32. The van der Waals surface area contributed by atoms with Gasteiger partial charge in [0.15, 0.2) is 5.75 Å². The molecule has 7 heteroatoms. The van der Waals surface area contributed by atoms with E-state index in [1.165, 1.54) is 0 Å². The molecular weight excluding hydrogens is 233 g/mol. The molecule has 0 aromatic heterocycles. The van der Waals surface area contributed by atoms with Gasteiger partial charge in [0.05, 0.1) is 5.69 Å². The Morgan fingerprint density at radius 2 is 2.12 bits per heavy atom. The third-order valence-corrected chi connectivity index (χ3v) is 3.63. The van der Waals surface area contributed by atoms with Crippen molar-refractivity contribution in [1.29, 1.82) is 0 Å². The lowest BCUT2D eigenvalue weighted by molar-refractivity contribution is 0.199. The molecule has 1 aromatic rings. The number of phosphoric ester groups is 1. The second-order valence-corrected chi connectivity index (χ2v) is 5.00. The first-order valence-corrected chi connectivity index (χ1v) is 6.38. The molecule has 2 unspecified atom stereocenters. The summed E-state index contributed by atoms with van der Waals surface area (Å²) in [6.07, 6.45) is -0.134. The van der Waals surface area contributed by atoms with Crippen LogP contribution in [0.5, 0.6) is 17.2 Å². The molecule has 0 radical (unpaired) electrons. The van der Waals surface area contributed by atoms with Gasteiger partial charge in [-0.25, -0.2) is 0 Å². The van der Waals surface area contributed by atoms with Crippen molar-refractivity contribution in [3.05, 3.63) is 12.1 Å². The van der Waals surface area contributed by atoms with Crippen LogP contribution < -0.4 is 18.9 Å². The SMILES string of the molecule is CCC(O)Nc1ccc2c3c1OP(=O)(O2)O3. The van der Waals surface area contributed by atoms with Gasteiger partial charge >= 0.3 is 7.82 Å². The molecule has 2 heterocycles. The van der Waals surface area contributed by atoms with E-state index in [2.05, 4.69) is 5.32 Å². The second-order valence-electron chi connectivity index (χ2n) is 3.56. The van der Waals surface area contributed by atoms with Gasteiger partial charge in [0.2, 0.25) is 11.5 Å². The Hall–Kier alpha value is -1.39. The van der Waals surface area contributed by atoms with Gasteiger partial charge in [-0.3, -0.25) is 0 Å². The van der Waals surface area contributed by atoms with Gasteiger partial charge in [-0.2, -0.15) is 4.57 Å². The standard InChI is InChI=1S/C9H10NO5P/c1-2-7(11)10-5-3-4-6-9-8(5)14-16(12,13-6)15-9/h3-4,7,10-11H,2H2,1H3. The van der Waals surface area contributed by atoms with Gasteiger partial charge in [-0.15, -0.1) is 0 Å². The van der Waals surface area contributed by atoms with E-state index in [9.17, 15) is 9.67 Å². The lowest BCUT2D eigenvalue weighted by Crippen LogP contribution is -2.17. The molecule has 86 valence electrons. The number of aliphatic hydroxyl groups excluding tert-OH is 1. The molecule has 3 rings (SSSR count). The summed E-state index contributed by atoms with van der Waals surface area (Å²) < 4.78 is 26.8. The Bertz CT molecular complexity index is 503. The summed E-state index contributed by atoms with van der Waals surface area (Å²) in [5.41, 5.74) is 0.550. The molecule has 16 heavy (non-hydrogen) atoms. The van der Waals surface area contributed by atoms with Gasteiger partial charge in [0.1, 0.15) is 6.23 Å². The number of hydrogen-bond donors (Lipinski definition) is 2. The number of hydrogen-bond acceptors (Lipinski definition) is 6. The van der Waals surface area contributed by atoms with Crippen LogP contribution >= 0.6 is 7.82 Å². The highest BCUT2D eigenvalue weighted by atomic mass is 31.2. The normalized spacial score (nSPS) is 25.6. The van der Waals surface area contributed by atoms with Crippen LogP contribution in [0.2, 0.25) is 0 Å². The Kier molecular flexibility index (Phi) is 1.87. The summed E-state index contributed by atoms with van der Waals surface area (Å²) in [4.78, 5) is 0. The average Bonchev–Trinajstić information content (AvgIpc) is 2.75. The van der Waals surface area contributed by atoms with Gasteiger partial charge in [0.25, 0.3) is 0 Å². The van der Waals surface area contributed by atoms with Gasteiger partial charge in [-0.1, -0.05) is 6.92 Å². The molecule has 2 aliphatic rings. The molecule has 0 saturated heterocycles. The summed E-state index contributed by atoms with van der Waals surface area (Å²) in [7, 11) is -3.45. The molecule has 0 amide bonds. The van der Waals surface area contributed by atoms with Crippen molar-refractivity contribution in [2.45, 2.75) is 19.6 Å². The number of nitrogens with one attached hydrogen (secondary N) is 1. The molecule has 0 saturated carbocycles. The molecule has 2 aliphatic heterocycles. The molecule has 0 aliphatic carbocycles. The Labute approximate surface area is 91.7 Å². The van der Waals surface area contributed by atoms with Crippen molar-refractivity contribution in [3.8, 4) is 17.2 Å². The maximum Gasteiger partial charge on any atom is 0.647 e. The van der Waals surface area contributed by atoms with Crippen molar-refractivity contribution >= 4 is 13.5 Å². The minimum Gasteiger partial charge on any atom is -0.382 e. The predicted octanol–water partition coefficient (Wildman–Crippen LogP) is 2.10. The Balaban J connectivity index is 2.00. The molecule has 1 aromatic carbocycles. The highest BCUT2D eigenvalue weighted by Gasteiger charge is 2.51. The lowest BCUT2D eigenvalue weighted by Gasteiger charge is -2.16. The highest BCUT2D eigenvalue weighted by Crippen LogP contribution is 2.70. The van der Waals surface area contributed by atoms with Crippen LogP contribution in [0.25, 0.3) is 0 Å². The first-order valence-electron chi connectivity index (χ1n) is 4.92. The Morgan fingerprint density at radius 1 is 1.38 bits per heavy atom. The maximum atomic E-state index is 11.7. The second kappa shape index (κ2) is 3.06. The summed E-state index contributed by atoms with van der Waals surface area (Å²) in [5.74, 6) is 1.11. The monoisotopic (exact) mass is 243 g/mol. The number of fused-ring (bicyclic) bond motifs is 1. The fraction of sp³-hybridized carbons (Fsp3) is 0.333. The van der Waals surface area contributed by atoms with E-state index in [1.807, 2.05) is 6.92 Å². The van der Waals surface area contributed by atoms with Crippen molar-refractivity contribution in [2.75, 3.05) is 5.32 Å². The van der Waals surface area contributed by atoms with Crippen molar-refractivity contribution < 1.29 is 23.2 Å². The molecular formula is C9H10NO5P. The van der Waals surface area contributed by atoms with Crippen LogP contribution in [-0.2, 0) is 4.57 Å². The zero-order valence-electron chi connectivity index (χ0n) is 8.47. The van der Waals surface area contributed by atoms with E-state index in [0.29, 0.717) is 29.4 Å². The number of phosphoric acid groups is 1. The van der Waals surface area contributed by atoms with Crippen LogP contribution in [0.1, 0.15) is 13.3 Å². The van der Waals surface area contributed by atoms with Crippen LogP contribution in [0.4, 0.5) is 5.69 Å². The quantitative estimate of drug-likeness (QED) is 0.625. The predicted molar refractivity (Wildman–Crippen MR) is 55.9 cm³/mol. The molecule has 2 atom stereocenters. The van der Waals surface area contributed by atoms with E-state index in [1.54, 1.807) is 12.1 Å². The fourth-order valence-corrected chi connectivity index (χ4v) is 2.89. The highest BCUT2D eigenvalue weighted by molar-refractivity contribution is 7.50. The first kappa shape index (κ1) is 9.81. The zero-order chi connectivity index (χ0) is 11.3. The van der Waals surface area contributed by atoms with Gasteiger partial charge < -0.3 is 24.0 Å². The number of aliphatic hydroxyl groups is 1. The van der Waals surface area contributed by atoms with Gasteiger partial charge in [-0.05, 0) is 18.6 Å². The van der Waals surface area contributed by atoms with E-state index in [4.69, 9.17) is 13.6 Å². The van der Waals surface area contributed by atoms with E-state index in [0.717, 1.165) is 0 Å². The topological polar surface area (TPSA) is 77.0 Å². The minimum atomic E-state index is -3.45. The molecule has 2 N–H and O–H groups in total. The molecule has 0 spiro atoms. The zero-order valence-corrected chi connectivity index (χ0v) is 9.36. The lowest BCUT2D eigenvalue weighted by atomic mass is 10.2. The number of rotatable bonds is 3. The van der Waals surface area contributed by atoms with Crippen LogP contribution in [-0.4, -0.2) is 11.3 Å². The van der Waals surface area contributed by atoms with E-state index >= 15 is 0 Å². The largest absolute Gasteiger partial charge is 0.647 e. The van der Waals surface area contributed by atoms with Crippen LogP contribution in [0, 0.1) is 0 Å². The third-order valence-electron chi connectivity index (χ3n) is 2.40. The van der Waals surface area contributed by atoms with Crippen molar-refractivity contribution in [1.82, 2.24) is 0 Å². The van der Waals surface area contributed by atoms with E-state index < -0.39 is 14.1 Å². The van der Waals surface area contributed by atoms with E-state index in [-0.39, 0.29) is 0 Å². The first-order chi connectivity index (χ1) is 7.61. The number of benzene rings is 1. The maximum absolute atomic E-state index is 11.7. The molecule has 2 bridgehead atoms. The molecule has 0 fully saturated rings. The van der Waals surface area contributed by atoms with Crippen LogP contribution in [0.3, 0.4) is 0 Å². The summed E-state index contributed by atoms with van der Waals surface area (Å²) in [6.45, 7) is 1.84. The minimum absolute atomic E-state index is 0.344. The van der Waals surface area contributed by atoms with Gasteiger partial charge in [0, 0.05) is 0 Å². The fourth-order valence-electron chi connectivity index (χ4n) is 1.59. The molecule has 6 nitrogen and oxygen atoms in total. The smallest absolute Gasteiger partial charge is 0.382 e. The van der Waals surface area contributed by atoms with Crippen molar-refractivity contribution in [3.63, 3.8) is 0 Å².